The summed E-state index contributed by atoms with van der Waals surface area (Å²) < 4.78 is 39.3. The fraction of sp³-hybridized carbons (Fsp3) is 0.607. The van der Waals surface area contributed by atoms with Crippen molar-refractivity contribution in [1.82, 2.24) is 19.8 Å². The summed E-state index contributed by atoms with van der Waals surface area (Å²) in [5.74, 6) is 0.212. The summed E-state index contributed by atoms with van der Waals surface area (Å²) in [6.07, 6.45) is 9.55. The highest BCUT2D eigenvalue weighted by atomic mass is 32.2. The molecule has 1 aliphatic carbocycles. The number of aromatic nitrogens is 2. The van der Waals surface area contributed by atoms with Crippen LogP contribution in [0.2, 0.25) is 0 Å². The third kappa shape index (κ3) is 6.76. The molecule has 0 amide bonds. The van der Waals surface area contributed by atoms with Crippen LogP contribution < -0.4 is 0 Å². The summed E-state index contributed by atoms with van der Waals surface area (Å²) >= 11 is 0. The topological polar surface area (TPSA) is 104 Å². The summed E-state index contributed by atoms with van der Waals surface area (Å²) in [4.78, 5) is 24.5. The van der Waals surface area contributed by atoms with Gasteiger partial charge in [-0.15, -0.1) is 0 Å². The van der Waals surface area contributed by atoms with Crippen molar-refractivity contribution in [2.24, 2.45) is 17.8 Å². The minimum Gasteiger partial charge on any atom is -0.480 e. The van der Waals surface area contributed by atoms with Gasteiger partial charge in [-0.25, -0.2) is 17.8 Å². The molecule has 2 aromatic rings. The van der Waals surface area contributed by atoms with Crippen molar-refractivity contribution >= 4 is 15.8 Å². The number of carboxylic acid groups (broad SMARTS) is 1. The molecule has 3 unspecified atom stereocenters. The van der Waals surface area contributed by atoms with Crippen LogP contribution in [0, 0.1) is 23.6 Å². The van der Waals surface area contributed by atoms with Crippen LogP contribution in [-0.4, -0.2) is 83.8 Å². The van der Waals surface area contributed by atoms with E-state index in [9.17, 15) is 22.7 Å². The number of sulfone groups is 1. The van der Waals surface area contributed by atoms with Gasteiger partial charge in [0, 0.05) is 37.9 Å². The first-order valence-electron chi connectivity index (χ1n) is 13.7. The van der Waals surface area contributed by atoms with Gasteiger partial charge in [0.1, 0.15) is 11.9 Å². The fourth-order valence-electron chi connectivity index (χ4n) is 6.20. The molecule has 3 aliphatic rings. The average molecular weight is 545 g/mol. The summed E-state index contributed by atoms with van der Waals surface area (Å²) in [7, 11) is -3.43. The van der Waals surface area contributed by atoms with Crippen molar-refractivity contribution < 1.29 is 22.7 Å². The van der Waals surface area contributed by atoms with E-state index >= 15 is 0 Å². The zero-order chi connectivity index (χ0) is 26.7. The van der Waals surface area contributed by atoms with E-state index in [4.69, 9.17) is 0 Å². The summed E-state index contributed by atoms with van der Waals surface area (Å²) in [5, 5.41) is 10.0. The van der Waals surface area contributed by atoms with E-state index in [0.717, 1.165) is 50.9 Å². The first-order chi connectivity index (χ1) is 18.3. The highest BCUT2D eigenvalue weighted by Crippen LogP contribution is 2.39. The molecule has 5 rings (SSSR count). The van der Waals surface area contributed by atoms with Crippen LogP contribution in [0.25, 0.3) is 0 Å². The number of halogens is 1. The highest BCUT2D eigenvalue weighted by Gasteiger charge is 2.42. The lowest BCUT2D eigenvalue weighted by molar-refractivity contribution is -0.143. The molecule has 0 spiro atoms. The predicted octanol–water partition coefficient (Wildman–Crippen LogP) is 3.46. The minimum atomic E-state index is -3.43. The number of benzene rings is 1. The number of likely N-dealkylation sites (tertiary alicyclic amines) is 2. The molecule has 38 heavy (non-hydrogen) atoms. The molecule has 3 heterocycles. The van der Waals surface area contributed by atoms with E-state index in [-0.39, 0.29) is 28.4 Å². The zero-order valence-corrected chi connectivity index (χ0v) is 22.5. The third-order valence-electron chi connectivity index (χ3n) is 8.58. The standard InChI is InChI=1S/C28H37FN4O4S/c29-24-3-1-2-22(15-24)25-19-33(26(28(34)35)14-21-4-5-21)18-23(25)17-32-11-6-20(7-12-32)8-13-38(36,37)27-16-30-9-10-31-27/h1-3,9-10,15-16,20-21,23,25-26H,4-8,11-14,17-19H2,(H,34,35). The Kier molecular flexibility index (Phi) is 8.40. The smallest absolute Gasteiger partial charge is 0.320 e. The van der Waals surface area contributed by atoms with Gasteiger partial charge >= 0.3 is 5.97 Å². The van der Waals surface area contributed by atoms with E-state index in [1.54, 1.807) is 12.1 Å². The van der Waals surface area contributed by atoms with Gasteiger partial charge < -0.3 is 10.0 Å². The summed E-state index contributed by atoms with van der Waals surface area (Å²) in [5.41, 5.74) is 0.942. The third-order valence-corrected chi connectivity index (χ3v) is 10.2. The Balaban J connectivity index is 1.19. The van der Waals surface area contributed by atoms with E-state index in [1.807, 2.05) is 6.07 Å². The zero-order valence-electron chi connectivity index (χ0n) is 21.7. The second-order valence-corrected chi connectivity index (χ2v) is 13.4. The number of hydrogen-bond acceptors (Lipinski definition) is 7. The maximum atomic E-state index is 14.1. The van der Waals surface area contributed by atoms with E-state index in [0.29, 0.717) is 37.8 Å². The lowest BCUT2D eigenvalue weighted by Gasteiger charge is -2.34. The lowest BCUT2D eigenvalue weighted by Crippen LogP contribution is -2.42. The van der Waals surface area contributed by atoms with Crippen LogP contribution in [0.5, 0.6) is 0 Å². The Morgan fingerprint density at radius 1 is 1.11 bits per heavy atom. The molecular weight excluding hydrogens is 507 g/mol. The number of aliphatic carboxylic acids is 1. The molecule has 2 saturated heterocycles. The van der Waals surface area contributed by atoms with Gasteiger partial charge in [-0.05, 0) is 74.2 Å². The molecule has 10 heteroatoms. The van der Waals surface area contributed by atoms with Gasteiger partial charge in [0.05, 0.1) is 11.9 Å². The maximum Gasteiger partial charge on any atom is 0.320 e. The Hall–Kier alpha value is -2.43. The Bertz CT molecular complexity index is 1200. The molecule has 1 aromatic carbocycles. The van der Waals surface area contributed by atoms with Gasteiger partial charge in [0.2, 0.25) is 0 Å². The first kappa shape index (κ1) is 27.1. The fourth-order valence-corrected chi connectivity index (χ4v) is 7.49. The molecule has 2 aliphatic heterocycles. The molecule has 0 bridgehead atoms. The van der Waals surface area contributed by atoms with Crippen molar-refractivity contribution in [2.45, 2.75) is 55.5 Å². The van der Waals surface area contributed by atoms with Crippen LogP contribution in [0.4, 0.5) is 4.39 Å². The number of carbonyl (C=O) groups is 1. The molecular formula is C28H37FN4O4S. The molecule has 1 aromatic heterocycles. The molecule has 1 saturated carbocycles. The maximum absolute atomic E-state index is 14.1. The largest absolute Gasteiger partial charge is 0.480 e. The van der Waals surface area contributed by atoms with Crippen molar-refractivity contribution in [3.05, 3.63) is 54.2 Å². The van der Waals surface area contributed by atoms with Crippen molar-refractivity contribution in [2.75, 3.05) is 38.5 Å². The summed E-state index contributed by atoms with van der Waals surface area (Å²) in [6.45, 7) is 3.92. The predicted molar refractivity (Wildman–Crippen MR) is 141 cm³/mol. The van der Waals surface area contributed by atoms with Crippen molar-refractivity contribution in [3.8, 4) is 0 Å². The summed E-state index contributed by atoms with van der Waals surface area (Å²) in [6, 6.07) is 6.27. The van der Waals surface area contributed by atoms with Crippen LogP contribution >= 0.6 is 0 Å². The van der Waals surface area contributed by atoms with Gasteiger partial charge in [-0.2, -0.15) is 0 Å². The van der Waals surface area contributed by atoms with Gasteiger partial charge in [-0.3, -0.25) is 14.7 Å². The normalized spacial score (nSPS) is 24.4. The number of piperidine rings is 1. The molecule has 8 nitrogen and oxygen atoms in total. The van der Waals surface area contributed by atoms with Crippen LogP contribution in [-0.2, 0) is 14.6 Å². The second-order valence-electron chi connectivity index (χ2n) is 11.3. The van der Waals surface area contributed by atoms with Crippen molar-refractivity contribution in [3.63, 3.8) is 0 Å². The first-order valence-corrected chi connectivity index (χ1v) is 15.4. The highest BCUT2D eigenvalue weighted by molar-refractivity contribution is 7.91. The molecule has 0 radical (unpaired) electrons. The van der Waals surface area contributed by atoms with E-state index in [2.05, 4.69) is 19.8 Å². The van der Waals surface area contributed by atoms with E-state index < -0.39 is 21.8 Å². The van der Waals surface area contributed by atoms with E-state index in [1.165, 1.54) is 24.7 Å². The molecule has 1 N–H and O–H groups in total. The van der Waals surface area contributed by atoms with Crippen molar-refractivity contribution in [1.29, 1.82) is 0 Å². The molecule has 3 fully saturated rings. The van der Waals surface area contributed by atoms with Gasteiger partial charge in [-0.1, -0.05) is 25.0 Å². The number of rotatable bonds is 11. The second kappa shape index (κ2) is 11.8. The average Bonchev–Trinajstić information content (AvgIpc) is 3.65. The number of carboxylic acids is 1. The quantitative estimate of drug-likeness (QED) is 0.459. The Labute approximate surface area is 224 Å². The molecule has 206 valence electrons. The number of nitrogens with zero attached hydrogens (tertiary/aromatic N) is 4. The SMILES string of the molecule is O=C(O)C(CC1CC1)N1CC(CN2CCC(CCS(=O)(=O)c3cnccn3)CC2)C(c2cccc(F)c2)C1. The monoisotopic (exact) mass is 544 g/mol. The minimum absolute atomic E-state index is 0.0352. The van der Waals surface area contributed by atoms with Gasteiger partial charge in [0.25, 0.3) is 0 Å². The van der Waals surface area contributed by atoms with Crippen LogP contribution in [0.3, 0.4) is 0 Å². The Morgan fingerprint density at radius 3 is 2.55 bits per heavy atom. The number of hydrogen-bond donors (Lipinski definition) is 1. The van der Waals surface area contributed by atoms with Crippen LogP contribution in [0.1, 0.15) is 50.0 Å². The molecule has 3 atom stereocenters. The lowest BCUT2D eigenvalue weighted by atomic mass is 9.87. The Morgan fingerprint density at radius 2 is 1.89 bits per heavy atom. The van der Waals surface area contributed by atoms with Crippen LogP contribution in [0.15, 0.2) is 47.9 Å². The van der Waals surface area contributed by atoms with Gasteiger partial charge in [0.15, 0.2) is 14.9 Å².